The molecule has 0 spiro atoms. The zero-order chi connectivity index (χ0) is 31.5. The molecule has 0 amide bonds. The van der Waals surface area contributed by atoms with Crippen LogP contribution in [-0.4, -0.2) is 42.5 Å². The Morgan fingerprint density at radius 1 is 1.00 bits per heavy atom. The first-order chi connectivity index (χ1) is 19.1. The fourth-order valence-electron chi connectivity index (χ4n) is 10.4. The van der Waals surface area contributed by atoms with Crippen molar-refractivity contribution in [3.63, 3.8) is 0 Å². The number of ketones is 2. The number of aliphatic hydroxyl groups is 1. The summed E-state index contributed by atoms with van der Waals surface area (Å²) >= 11 is 0. The van der Waals surface area contributed by atoms with Crippen LogP contribution in [0.25, 0.3) is 0 Å². The van der Waals surface area contributed by atoms with E-state index in [0.29, 0.717) is 12.8 Å². The van der Waals surface area contributed by atoms with E-state index in [1.807, 2.05) is 19.9 Å². The summed E-state index contributed by atoms with van der Waals surface area (Å²) in [6.45, 7) is 18.1. The molecule has 0 bridgehead atoms. The van der Waals surface area contributed by atoms with Gasteiger partial charge in [0.15, 0.2) is 11.6 Å². The zero-order valence-corrected chi connectivity index (χ0v) is 27.8. The van der Waals surface area contributed by atoms with Crippen LogP contribution in [0.3, 0.4) is 0 Å². The number of fused-ring (bicyclic) bond motifs is 7. The molecule has 8 atom stereocenters. The van der Waals surface area contributed by atoms with E-state index in [9.17, 15) is 28.4 Å². The third-order valence-corrected chi connectivity index (χ3v) is 15.5. The van der Waals surface area contributed by atoms with Gasteiger partial charge in [0.1, 0.15) is 11.7 Å². The molecule has 5 aliphatic carbocycles. The minimum Gasteiger partial charge on any atom is -0.381 e. The third kappa shape index (κ3) is 3.84. The maximum absolute atomic E-state index is 14.6. The smallest absolute Gasteiger partial charge is 0.213 e. The van der Waals surface area contributed by atoms with E-state index in [1.165, 1.54) is 0 Å². The van der Waals surface area contributed by atoms with E-state index >= 15 is 0 Å². The van der Waals surface area contributed by atoms with Crippen molar-refractivity contribution in [1.29, 1.82) is 5.26 Å². The van der Waals surface area contributed by atoms with Crippen LogP contribution in [0.5, 0.6) is 0 Å². The lowest BCUT2D eigenvalue weighted by Crippen LogP contribution is -2.74. The first kappa shape index (κ1) is 31.6. The highest BCUT2D eigenvalue weighted by molar-refractivity contribution is 7.90. The summed E-state index contributed by atoms with van der Waals surface area (Å²) in [6, 6.07) is 2.14. The van der Waals surface area contributed by atoms with E-state index in [-0.39, 0.29) is 40.9 Å². The minimum atomic E-state index is -3.45. The standard InChI is InChI=1S/C34H50N2O5S/c1-21(2)42(40,41)36-20-29(5)12-13-30(6)14-15-33(9)32(8)11-10-23-28(3,4)27(38)22(19-35)17-31(23,7)24(32)16-26(37)34(33,39)25(30)18-29/h16-17,21,23,25,36,39H,10-15,18,20H2,1-9H3/t23-,25+,29-,30+,31-,32+,33-,34+/m0/s1. The molecule has 0 saturated heterocycles. The second-order valence-corrected chi connectivity index (χ2v) is 18.9. The van der Waals surface area contributed by atoms with Crippen LogP contribution in [0.2, 0.25) is 0 Å². The Labute approximate surface area is 252 Å². The fraction of sp³-hybridized carbons (Fsp3) is 0.794. The molecular weight excluding hydrogens is 548 g/mol. The van der Waals surface area contributed by atoms with Crippen molar-refractivity contribution in [2.24, 2.45) is 44.3 Å². The van der Waals surface area contributed by atoms with Crippen molar-refractivity contribution < 1.29 is 23.1 Å². The van der Waals surface area contributed by atoms with Crippen LogP contribution in [0.1, 0.15) is 107 Å². The average molecular weight is 599 g/mol. The van der Waals surface area contributed by atoms with Crippen molar-refractivity contribution in [1.82, 2.24) is 4.72 Å². The molecule has 232 valence electrons. The molecule has 0 radical (unpaired) electrons. The number of carbonyl (C=O) groups is 2. The van der Waals surface area contributed by atoms with Gasteiger partial charge in [-0.05, 0) is 92.6 Å². The zero-order valence-electron chi connectivity index (χ0n) is 27.0. The first-order valence-electron chi connectivity index (χ1n) is 15.7. The maximum atomic E-state index is 14.6. The average Bonchev–Trinajstić information content (AvgIpc) is 2.90. The van der Waals surface area contributed by atoms with Crippen LogP contribution in [0, 0.1) is 55.7 Å². The van der Waals surface area contributed by atoms with E-state index in [1.54, 1.807) is 19.9 Å². The van der Waals surface area contributed by atoms with Crippen LogP contribution in [0.4, 0.5) is 0 Å². The summed E-state index contributed by atoms with van der Waals surface area (Å²) in [5.74, 6) is -0.793. The Bertz CT molecular complexity index is 1450. The molecule has 0 unspecified atom stereocenters. The minimum absolute atomic E-state index is 0.0580. The summed E-state index contributed by atoms with van der Waals surface area (Å²) in [7, 11) is -3.45. The van der Waals surface area contributed by atoms with Crippen LogP contribution >= 0.6 is 0 Å². The highest BCUT2D eigenvalue weighted by atomic mass is 32.2. The number of carbonyl (C=O) groups excluding carboxylic acids is 2. The van der Waals surface area contributed by atoms with E-state index in [0.717, 1.165) is 37.7 Å². The number of hydrogen-bond acceptors (Lipinski definition) is 6. The molecule has 5 rings (SSSR count). The first-order valence-corrected chi connectivity index (χ1v) is 17.3. The summed E-state index contributed by atoms with van der Waals surface area (Å²) < 4.78 is 28.1. The second kappa shape index (κ2) is 9.11. The second-order valence-electron chi connectivity index (χ2n) is 16.6. The number of nitrogens with zero attached hydrogens (tertiary/aromatic N) is 1. The van der Waals surface area contributed by atoms with Gasteiger partial charge in [0.25, 0.3) is 0 Å². The van der Waals surface area contributed by atoms with Gasteiger partial charge in [0, 0.05) is 28.7 Å². The van der Waals surface area contributed by atoms with Crippen LogP contribution in [-0.2, 0) is 19.6 Å². The number of sulfonamides is 1. The van der Waals surface area contributed by atoms with Gasteiger partial charge < -0.3 is 5.11 Å². The lowest BCUT2D eigenvalue weighted by Gasteiger charge is -2.71. The molecule has 7 nitrogen and oxygen atoms in total. The lowest BCUT2D eigenvalue weighted by atomic mass is 9.33. The molecule has 8 heteroatoms. The SMILES string of the molecule is CC(C)S(=O)(=O)NC[C@@]1(C)CC[C@]2(C)CC[C@@]3(C)[C@]4(C)CC[C@H]5C(C)(C)C(=O)C(C#N)=C[C@]5(C)C4=CC(=O)[C@]3(O)[C@@H]2C1. The van der Waals surface area contributed by atoms with Crippen molar-refractivity contribution in [2.75, 3.05) is 6.54 Å². The number of hydrogen-bond donors (Lipinski definition) is 2. The molecule has 42 heavy (non-hydrogen) atoms. The van der Waals surface area contributed by atoms with Gasteiger partial charge in [0.05, 0.1) is 10.8 Å². The van der Waals surface area contributed by atoms with E-state index in [2.05, 4.69) is 45.4 Å². The molecule has 0 heterocycles. The van der Waals surface area contributed by atoms with Gasteiger partial charge in [-0.15, -0.1) is 0 Å². The fourth-order valence-corrected chi connectivity index (χ4v) is 11.3. The Balaban J connectivity index is 1.62. The van der Waals surface area contributed by atoms with Gasteiger partial charge in [0.2, 0.25) is 10.0 Å². The predicted molar refractivity (Wildman–Crippen MR) is 162 cm³/mol. The lowest BCUT2D eigenvalue weighted by molar-refractivity contribution is -0.243. The van der Waals surface area contributed by atoms with Crippen molar-refractivity contribution in [2.45, 2.75) is 118 Å². The summed E-state index contributed by atoms with van der Waals surface area (Å²) in [5.41, 5.74) is -3.83. The van der Waals surface area contributed by atoms with Crippen molar-refractivity contribution in [3.8, 4) is 6.07 Å². The maximum Gasteiger partial charge on any atom is 0.213 e. The molecule has 5 aliphatic rings. The monoisotopic (exact) mass is 598 g/mol. The molecule has 0 aliphatic heterocycles. The largest absolute Gasteiger partial charge is 0.381 e. The predicted octanol–water partition coefficient (Wildman–Crippen LogP) is 5.65. The van der Waals surface area contributed by atoms with E-state index in [4.69, 9.17) is 0 Å². The van der Waals surface area contributed by atoms with Gasteiger partial charge in [-0.3, -0.25) is 9.59 Å². The number of Topliss-reactive ketones (excluding diaryl/α,β-unsaturated/α-hetero) is 1. The van der Waals surface area contributed by atoms with Crippen molar-refractivity contribution >= 4 is 21.6 Å². The Hall–Kier alpha value is -1.82. The summed E-state index contributed by atoms with van der Waals surface area (Å²) in [5, 5.41) is 22.4. The Kier molecular flexibility index (Phi) is 6.85. The molecule has 3 fully saturated rings. The number of nitrogens with one attached hydrogen (secondary N) is 1. The Morgan fingerprint density at radius 2 is 1.62 bits per heavy atom. The van der Waals surface area contributed by atoms with Gasteiger partial charge in [-0.2, -0.15) is 5.26 Å². The molecule has 0 aromatic rings. The van der Waals surface area contributed by atoms with Gasteiger partial charge in [-0.25, -0.2) is 13.1 Å². The topological polar surface area (TPSA) is 124 Å². The highest BCUT2D eigenvalue weighted by Crippen LogP contribution is 2.75. The summed E-state index contributed by atoms with van der Waals surface area (Å²) in [6.07, 6.45) is 8.80. The summed E-state index contributed by atoms with van der Waals surface area (Å²) in [4.78, 5) is 27.8. The molecule has 0 aromatic heterocycles. The number of allylic oxidation sites excluding steroid dienone is 3. The Morgan fingerprint density at radius 3 is 2.21 bits per heavy atom. The molecule has 2 N–H and O–H groups in total. The van der Waals surface area contributed by atoms with Gasteiger partial charge in [-0.1, -0.05) is 54.5 Å². The van der Waals surface area contributed by atoms with Crippen LogP contribution < -0.4 is 4.72 Å². The quantitative estimate of drug-likeness (QED) is 0.431. The highest BCUT2D eigenvalue weighted by Gasteiger charge is 2.75. The number of rotatable bonds is 4. The van der Waals surface area contributed by atoms with E-state index < -0.39 is 47.9 Å². The van der Waals surface area contributed by atoms with Crippen molar-refractivity contribution in [3.05, 3.63) is 23.3 Å². The molecule has 3 saturated carbocycles. The number of nitriles is 1. The normalized spacial score (nSPS) is 46.4. The van der Waals surface area contributed by atoms with Crippen LogP contribution in [0.15, 0.2) is 23.3 Å². The van der Waals surface area contributed by atoms with Gasteiger partial charge >= 0.3 is 0 Å². The third-order valence-electron chi connectivity index (χ3n) is 13.7. The molecular formula is C34H50N2O5S. The molecule has 0 aromatic carbocycles.